The molecule has 2 bridgehead atoms. The van der Waals surface area contributed by atoms with Crippen molar-refractivity contribution in [3.05, 3.63) is 16.4 Å². The van der Waals surface area contributed by atoms with Crippen LogP contribution in [0.5, 0.6) is 0 Å². The Labute approximate surface area is 184 Å². The van der Waals surface area contributed by atoms with Crippen LogP contribution in [0.4, 0.5) is 24.9 Å². The SMILES string of the molecule is O=c1cc(N2CC3CC2CO3)nc2n1CC[C@@H](C(F)(F)F)N2CCC(O)(C1CC1)C1CC1. The van der Waals surface area contributed by atoms with E-state index in [9.17, 15) is 23.1 Å². The van der Waals surface area contributed by atoms with Gasteiger partial charge in [-0.05, 0) is 56.8 Å². The zero-order valence-electron chi connectivity index (χ0n) is 17.9. The highest BCUT2D eigenvalue weighted by atomic mass is 19.4. The maximum Gasteiger partial charge on any atom is 0.408 e. The molecule has 10 heteroatoms. The summed E-state index contributed by atoms with van der Waals surface area (Å²) in [5, 5.41) is 11.3. The first-order valence-corrected chi connectivity index (χ1v) is 11.8. The van der Waals surface area contributed by atoms with Crippen molar-refractivity contribution in [2.75, 3.05) is 29.5 Å². The minimum absolute atomic E-state index is 0.00714. The molecule has 32 heavy (non-hydrogen) atoms. The second-order valence-electron chi connectivity index (χ2n) is 10.2. The molecule has 0 spiro atoms. The number of rotatable bonds is 6. The minimum atomic E-state index is -4.43. The summed E-state index contributed by atoms with van der Waals surface area (Å²) < 4.78 is 49.1. The number of aliphatic hydroxyl groups is 1. The van der Waals surface area contributed by atoms with Crippen LogP contribution in [0.1, 0.15) is 44.9 Å². The van der Waals surface area contributed by atoms with Crippen molar-refractivity contribution in [3.8, 4) is 0 Å². The molecule has 4 fully saturated rings. The molecule has 0 radical (unpaired) electrons. The highest BCUT2D eigenvalue weighted by molar-refractivity contribution is 5.49. The Hall–Kier alpha value is -1.81. The maximum absolute atomic E-state index is 14.0. The number of hydrogen-bond acceptors (Lipinski definition) is 6. The van der Waals surface area contributed by atoms with Gasteiger partial charge in [0.2, 0.25) is 5.95 Å². The van der Waals surface area contributed by atoms with Gasteiger partial charge in [-0.25, -0.2) is 0 Å². The van der Waals surface area contributed by atoms with Crippen LogP contribution in [0.25, 0.3) is 0 Å². The van der Waals surface area contributed by atoms with Gasteiger partial charge in [0.15, 0.2) is 0 Å². The summed E-state index contributed by atoms with van der Waals surface area (Å²) >= 11 is 0. The van der Waals surface area contributed by atoms with Gasteiger partial charge in [0, 0.05) is 25.7 Å². The van der Waals surface area contributed by atoms with Crippen molar-refractivity contribution in [1.29, 1.82) is 0 Å². The molecule has 0 amide bonds. The summed E-state index contributed by atoms with van der Waals surface area (Å²) in [6.07, 6.45) is 0.346. The van der Waals surface area contributed by atoms with Crippen molar-refractivity contribution < 1.29 is 23.0 Å². The average molecular weight is 454 g/mol. The molecule has 3 atom stereocenters. The highest BCUT2D eigenvalue weighted by Gasteiger charge is 2.54. The Balaban J connectivity index is 1.34. The second kappa shape index (κ2) is 7.09. The van der Waals surface area contributed by atoms with Gasteiger partial charge in [-0.1, -0.05) is 0 Å². The summed E-state index contributed by atoms with van der Waals surface area (Å²) in [4.78, 5) is 20.8. The van der Waals surface area contributed by atoms with Crippen molar-refractivity contribution in [2.24, 2.45) is 11.8 Å². The third-order valence-corrected chi connectivity index (χ3v) is 8.13. The molecular formula is C22H29F3N4O3. The lowest BCUT2D eigenvalue weighted by Gasteiger charge is -2.41. The molecule has 3 aliphatic heterocycles. The van der Waals surface area contributed by atoms with Crippen LogP contribution in [0.15, 0.2) is 10.9 Å². The molecule has 2 aliphatic carbocycles. The van der Waals surface area contributed by atoms with E-state index in [4.69, 9.17) is 4.74 Å². The van der Waals surface area contributed by atoms with Crippen LogP contribution < -0.4 is 15.4 Å². The fraction of sp³-hybridized carbons (Fsp3) is 0.818. The van der Waals surface area contributed by atoms with E-state index in [0.29, 0.717) is 19.0 Å². The van der Waals surface area contributed by atoms with Gasteiger partial charge < -0.3 is 19.6 Å². The highest BCUT2D eigenvalue weighted by Crippen LogP contribution is 2.54. The number of ether oxygens (including phenoxy) is 1. The molecule has 0 aromatic carbocycles. The number of halogens is 3. The lowest BCUT2D eigenvalue weighted by Crippen LogP contribution is -2.54. The van der Waals surface area contributed by atoms with Gasteiger partial charge in [0.1, 0.15) is 11.9 Å². The number of hydrogen-bond donors (Lipinski definition) is 1. The van der Waals surface area contributed by atoms with Crippen LogP contribution in [0.2, 0.25) is 0 Å². The molecule has 1 aromatic rings. The molecule has 2 unspecified atom stereocenters. The van der Waals surface area contributed by atoms with Crippen LogP contribution in [0.3, 0.4) is 0 Å². The zero-order chi connectivity index (χ0) is 22.3. The van der Waals surface area contributed by atoms with Crippen molar-refractivity contribution in [3.63, 3.8) is 0 Å². The molecule has 6 rings (SSSR count). The largest absolute Gasteiger partial charge is 0.408 e. The van der Waals surface area contributed by atoms with E-state index in [1.54, 1.807) is 0 Å². The number of alkyl halides is 3. The molecular weight excluding hydrogens is 425 g/mol. The topological polar surface area (TPSA) is 70.8 Å². The monoisotopic (exact) mass is 454 g/mol. The predicted molar refractivity (Wildman–Crippen MR) is 111 cm³/mol. The summed E-state index contributed by atoms with van der Waals surface area (Å²) in [5.74, 6) is 0.889. The molecule has 1 N–H and O–H groups in total. The van der Waals surface area contributed by atoms with E-state index >= 15 is 0 Å². The van der Waals surface area contributed by atoms with E-state index in [0.717, 1.165) is 32.1 Å². The van der Waals surface area contributed by atoms with Crippen LogP contribution in [-0.4, -0.2) is 64.3 Å². The van der Waals surface area contributed by atoms with Gasteiger partial charge in [-0.15, -0.1) is 0 Å². The number of nitrogens with zero attached hydrogens (tertiary/aromatic N) is 4. The smallest absolute Gasteiger partial charge is 0.389 e. The number of aromatic nitrogens is 2. The molecule has 7 nitrogen and oxygen atoms in total. The third-order valence-electron chi connectivity index (χ3n) is 8.13. The first-order chi connectivity index (χ1) is 15.2. The van der Waals surface area contributed by atoms with Gasteiger partial charge >= 0.3 is 6.18 Å². The van der Waals surface area contributed by atoms with E-state index in [1.807, 2.05) is 4.90 Å². The molecule has 2 saturated carbocycles. The Morgan fingerprint density at radius 2 is 1.88 bits per heavy atom. The van der Waals surface area contributed by atoms with Gasteiger partial charge in [0.05, 0.1) is 24.4 Å². The standard InChI is InChI=1S/C22H29F3N4O3/c23-22(24,25)17-5-7-28-19(30)10-18(29-11-16-9-15(29)12-32-16)26-20(28)27(17)8-6-21(31,13-1-2-13)14-3-4-14/h10,13-17,31H,1-9,11-12H2/t15?,16?,17-/m0/s1. The van der Waals surface area contributed by atoms with E-state index in [2.05, 4.69) is 4.98 Å². The van der Waals surface area contributed by atoms with Crippen LogP contribution >= 0.6 is 0 Å². The Morgan fingerprint density at radius 1 is 1.16 bits per heavy atom. The zero-order valence-corrected chi connectivity index (χ0v) is 17.9. The molecule has 4 heterocycles. The maximum atomic E-state index is 14.0. The quantitative estimate of drug-likeness (QED) is 0.712. The molecule has 176 valence electrons. The average Bonchev–Trinajstić information content (AvgIpc) is 3.69. The van der Waals surface area contributed by atoms with Crippen molar-refractivity contribution in [2.45, 2.75) is 81.5 Å². The third kappa shape index (κ3) is 3.41. The van der Waals surface area contributed by atoms with E-state index < -0.39 is 17.8 Å². The van der Waals surface area contributed by atoms with Gasteiger partial charge in [-0.2, -0.15) is 18.2 Å². The Morgan fingerprint density at radius 3 is 2.44 bits per heavy atom. The Kier molecular flexibility index (Phi) is 4.60. The van der Waals surface area contributed by atoms with Crippen LogP contribution in [-0.2, 0) is 11.3 Å². The predicted octanol–water partition coefficient (Wildman–Crippen LogP) is 2.30. The fourth-order valence-electron chi connectivity index (χ4n) is 6.09. The normalized spacial score (nSPS) is 30.2. The van der Waals surface area contributed by atoms with Crippen molar-refractivity contribution >= 4 is 11.8 Å². The number of morpholine rings is 1. The lowest BCUT2D eigenvalue weighted by atomic mass is 9.87. The fourth-order valence-corrected chi connectivity index (χ4v) is 6.09. The van der Waals surface area contributed by atoms with Crippen molar-refractivity contribution in [1.82, 2.24) is 9.55 Å². The molecule has 1 aromatic heterocycles. The minimum Gasteiger partial charge on any atom is -0.389 e. The summed E-state index contributed by atoms with van der Waals surface area (Å²) in [6.45, 7) is 1.19. The lowest BCUT2D eigenvalue weighted by molar-refractivity contribution is -0.153. The van der Waals surface area contributed by atoms with E-state index in [-0.39, 0.29) is 61.4 Å². The Bertz CT molecular complexity index is 947. The first kappa shape index (κ1) is 20.8. The molecule has 2 saturated heterocycles. The second-order valence-corrected chi connectivity index (χ2v) is 10.2. The van der Waals surface area contributed by atoms with Crippen LogP contribution in [0, 0.1) is 11.8 Å². The summed E-state index contributed by atoms with van der Waals surface area (Å²) in [5.41, 5.74) is -1.22. The van der Waals surface area contributed by atoms with Gasteiger partial charge in [-0.3, -0.25) is 9.36 Å². The molecule has 5 aliphatic rings. The van der Waals surface area contributed by atoms with E-state index in [1.165, 1.54) is 15.5 Å². The summed E-state index contributed by atoms with van der Waals surface area (Å²) in [7, 11) is 0. The summed E-state index contributed by atoms with van der Waals surface area (Å²) in [6, 6.07) is -0.146. The number of anilines is 2. The first-order valence-electron chi connectivity index (χ1n) is 11.8. The van der Waals surface area contributed by atoms with Gasteiger partial charge in [0.25, 0.3) is 5.56 Å². The number of fused-ring (bicyclic) bond motifs is 3.